The molecular weight excluding hydrogens is 404 g/mol. The van der Waals surface area contributed by atoms with Crippen LogP contribution < -0.4 is 14.8 Å². The van der Waals surface area contributed by atoms with Crippen molar-refractivity contribution in [1.29, 1.82) is 0 Å². The molecule has 0 heterocycles. The molecule has 1 N–H and O–H groups in total. The van der Waals surface area contributed by atoms with E-state index >= 15 is 0 Å². The standard InChI is InChI=1S/C15H12BrClN2O5/c1-23-13-7-11(14(24-2)6-9(13)16)18-15(20)8-3-4-10(17)12(5-8)19(21)22/h3-7H,1-2H3,(H,18,20). The van der Waals surface area contributed by atoms with E-state index in [1.165, 1.54) is 26.4 Å². The van der Waals surface area contributed by atoms with Gasteiger partial charge in [0.25, 0.3) is 11.6 Å². The maximum atomic E-state index is 12.4. The monoisotopic (exact) mass is 414 g/mol. The van der Waals surface area contributed by atoms with E-state index in [1.54, 1.807) is 12.1 Å². The normalized spacial score (nSPS) is 10.2. The lowest BCUT2D eigenvalue weighted by Gasteiger charge is -2.13. The summed E-state index contributed by atoms with van der Waals surface area (Å²) in [5.41, 5.74) is 0.111. The number of carbonyl (C=O) groups excluding carboxylic acids is 1. The highest BCUT2D eigenvalue weighted by molar-refractivity contribution is 9.10. The first kappa shape index (κ1) is 18.0. The molecule has 9 heteroatoms. The van der Waals surface area contributed by atoms with Gasteiger partial charge in [0, 0.05) is 23.8 Å². The summed E-state index contributed by atoms with van der Waals surface area (Å²) in [7, 11) is 2.94. The molecule has 0 fully saturated rings. The van der Waals surface area contributed by atoms with E-state index in [0.717, 1.165) is 6.07 Å². The minimum absolute atomic E-state index is 0.0422. The van der Waals surface area contributed by atoms with Gasteiger partial charge in [-0.15, -0.1) is 0 Å². The lowest BCUT2D eigenvalue weighted by Crippen LogP contribution is -2.13. The second kappa shape index (κ2) is 7.50. The number of amides is 1. The Bertz CT molecular complexity index is 813. The Kier molecular flexibility index (Phi) is 5.63. The van der Waals surface area contributed by atoms with Crippen molar-refractivity contribution in [2.24, 2.45) is 0 Å². The van der Waals surface area contributed by atoms with Gasteiger partial charge in [0.05, 0.1) is 29.3 Å². The van der Waals surface area contributed by atoms with Crippen LogP contribution in [0.5, 0.6) is 11.5 Å². The van der Waals surface area contributed by atoms with Crippen molar-refractivity contribution in [1.82, 2.24) is 0 Å². The molecule has 24 heavy (non-hydrogen) atoms. The van der Waals surface area contributed by atoms with Crippen molar-refractivity contribution in [2.45, 2.75) is 0 Å². The van der Waals surface area contributed by atoms with Crippen LogP contribution in [-0.4, -0.2) is 25.1 Å². The minimum Gasteiger partial charge on any atom is -0.495 e. The van der Waals surface area contributed by atoms with Gasteiger partial charge in [-0.05, 0) is 28.1 Å². The Morgan fingerprint density at radius 1 is 1.21 bits per heavy atom. The molecule has 0 saturated heterocycles. The number of hydrogen-bond acceptors (Lipinski definition) is 5. The molecule has 0 aliphatic carbocycles. The van der Waals surface area contributed by atoms with E-state index in [1.807, 2.05) is 0 Å². The highest BCUT2D eigenvalue weighted by atomic mass is 79.9. The van der Waals surface area contributed by atoms with E-state index in [9.17, 15) is 14.9 Å². The summed E-state index contributed by atoms with van der Waals surface area (Å²) in [6, 6.07) is 7.02. The van der Waals surface area contributed by atoms with Crippen LogP contribution in [0.25, 0.3) is 0 Å². The second-order valence-corrected chi connectivity index (χ2v) is 5.83. The Labute approximate surface area is 150 Å². The van der Waals surface area contributed by atoms with Crippen molar-refractivity contribution in [3.63, 3.8) is 0 Å². The van der Waals surface area contributed by atoms with Gasteiger partial charge in [-0.25, -0.2) is 0 Å². The van der Waals surface area contributed by atoms with Crippen molar-refractivity contribution >= 4 is 44.8 Å². The second-order valence-electron chi connectivity index (χ2n) is 4.56. The van der Waals surface area contributed by atoms with Crippen LogP contribution in [0, 0.1) is 10.1 Å². The summed E-state index contributed by atoms with van der Waals surface area (Å²) < 4.78 is 11.0. The number of nitrogens with one attached hydrogen (secondary N) is 1. The molecule has 1 amide bonds. The molecule has 126 valence electrons. The van der Waals surface area contributed by atoms with E-state index in [-0.39, 0.29) is 16.3 Å². The summed E-state index contributed by atoms with van der Waals surface area (Å²) >= 11 is 9.07. The van der Waals surface area contributed by atoms with E-state index < -0.39 is 10.8 Å². The minimum atomic E-state index is -0.650. The van der Waals surface area contributed by atoms with E-state index in [0.29, 0.717) is 21.7 Å². The highest BCUT2D eigenvalue weighted by Gasteiger charge is 2.18. The molecule has 0 aliphatic rings. The zero-order chi connectivity index (χ0) is 17.9. The molecule has 0 unspecified atom stereocenters. The van der Waals surface area contributed by atoms with Crippen molar-refractivity contribution < 1.29 is 19.2 Å². The lowest BCUT2D eigenvalue weighted by molar-refractivity contribution is -0.384. The van der Waals surface area contributed by atoms with E-state index in [4.69, 9.17) is 21.1 Å². The summed E-state index contributed by atoms with van der Waals surface area (Å²) in [6.45, 7) is 0. The first-order valence-electron chi connectivity index (χ1n) is 6.54. The third-order valence-corrected chi connectivity index (χ3v) is 4.07. The smallest absolute Gasteiger partial charge is 0.288 e. The molecule has 0 atom stereocenters. The number of methoxy groups -OCH3 is 2. The largest absolute Gasteiger partial charge is 0.495 e. The molecule has 0 spiro atoms. The van der Waals surface area contributed by atoms with Crippen LogP contribution in [0.4, 0.5) is 11.4 Å². The predicted molar refractivity (Wildman–Crippen MR) is 93.3 cm³/mol. The molecule has 2 rings (SSSR count). The number of hydrogen-bond donors (Lipinski definition) is 1. The number of nitro groups is 1. The Balaban J connectivity index is 2.36. The number of rotatable bonds is 5. The van der Waals surface area contributed by atoms with Crippen LogP contribution in [0.15, 0.2) is 34.8 Å². The summed E-state index contributed by atoms with van der Waals surface area (Å²) in [6.07, 6.45) is 0. The SMILES string of the molecule is COc1cc(NC(=O)c2ccc(Cl)c([N+](=O)[O-])c2)c(OC)cc1Br. The number of carbonyl (C=O) groups is 1. The fourth-order valence-electron chi connectivity index (χ4n) is 1.95. The Hall–Kier alpha value is -2.32. The van der Waals surface area contributed by atoms with E-state index in [2.05, 4.69) is 21.2 Å². The topological polar surface area (TPSA) is 90.7 Å². The van der Waals surface area contributed by atoms with Gasteiger partial charge in [-0.1, -0.05) is 11.6 Å². The van der Waals surface area contributed by atoms with Gasteiger partial charge >= 0.3 is 0 Å². The molecule has 0 saturated carbocycles. The van der Waals surface area contributed by atoms with Crippen LogP contribution in [0.1, 0.15) is 10.4 Å². The quantitative estimate of drug-likeness (QED) is 0.581. The van der Waals surface area contributed by atoms with Crippen molar-refractivity contribution in [3.8, 4) is 11.5 Å². The fourth-order valence-corrected chi connectivity index (χ4v) is 2.62. The predicted octanol–water partition coefficient (Wildman–Crippen LogP) is 4.28. The van der Waals surface area contributed by atoms with Crippen LogP contribution in [-0.2, 0) is 0 Å². The maximum absolute atomic E-state index is 12.4. The van der Waals surface area contributed by atoms with Crippen LogP contribution in [0.2, 0.25) is 5.02 Å². The summed E-state index contributed by atoms with van der Waals surface area (Å²) in [4.78, 5) is 22.6. The number of anilines is 1. The molecule has 7 nitrogen and oxygen atoms in total. The van der Waals surface area contributed by atoms with Crippen molar-refractivity contribution in [2.75, 3.05) is 19.5 Å². The number of ether oxygens (including phenoxy) is 2. The molecule has 0 radical (unpaired) electrons. The molecular formula is C15H12BrClN2O5. The fraction of sp³-hybridized carbons (Fsp3) is 0.133. The Morgan fingerprint density at radius 2 is 1.88 bits per heavy atom. The molecule has 2 aromatic carbocycles. The van der Waals surface area contributed by atoms with Gasteiger partial charge in [0.1, 0.15) is 16.5 Å². The molecule has 2 aromatic rings. The molecule has 0 aliphatic heterocycles. The summed E-state index contributed by atoms with van der Waals surface area (Å²) in [5.74, 6) is 0.352. The zero-order valence-corrected chi connectivity index (χ0v) is 15.0. The van der Waals surface area contributed by atoms with Crippen LogP contribution >= 0.6 is 27.5 Å². The number of halogens is 2. The summed E-state index contributed by atoms with van der Waals surface area (Å²) in [5, 5.41) is 13.5. The van der Waals surface area contributed by atoms with Gasteiger partial charge in [0.2, 0.25) is 0 Å². The van der Waals surface area contributed by atoms with Gasteiger partial charge in [-0.2, -0.15) is 0 Å². The Morgan fingerprint density at radius 3 is 2.46 bits per heavy atom. The highest BCUT2D eigenvalue weighted by Crippen LogP contribution is 2.36. The first-order valence-corrected chi connectivity index (χ1v) is 7.71. The number of nitrogens with zero attached hydrogens (tertiary/aromatic N) is 1. The first-order chi connectivity index (χ1) is 11.4. The van der Waals surface area contributed by atoms with Gasteiger partial charge < -0.3 is 14.8 Å². The van der Waals surface area contributed by atoms with Gasteiger partial charge in [-0.3, -0.25) is 14.9 Å². The molecule has 0 aromatic heterocycles. The molecule has 0 bridgehead atoms. The zero-order valence-electron chi connectivity index (χ0n) is 12.6. The van der Waals surface area contributed by atoms with Gasteiger partial charge in [0.15, 0.2) is 0 Å². The third kappa shape index (κ3) is 3.77. The third-order valence-electron chi connectivity index (χ3n) is 3.13. The maximum Gasteiger partial charge on any atom is 0.288 e. The lowest BCUT2D eigenvalue weighted by atomic mass is 10.1. The average Bonchev–Trinajstić information content (AvgIpc) is 2.55. The number of nitro benzene ring substituents is 1. The van der Waals surface area contributed by atoms with Crippen LogP contribution in [0.3, 0.4) is 0 Å². The number of benzene rings is 2. The van der Waals surface area contributed by atoms with Crippen molar-refractivity contribution in [3.05, 3.63) is 55.5 Å². The average molecular weight is 416 g/mol.